The predicted octanol–water partition coefficient (Wildman–Crippen LogP) is 3.97. The molecule has 3 aromatic rings. The van der Waals surface area contributed by atoms with E-state index in [-0.39, 0.29) is 5.91 Å². The van der Waals surface area contributed by atoms with Crippen molar-refractivity contribution in [1.29, 1.82) is 0 Å². The highest BCUT2D eigenvalue weighted by Crippen LogP contribution is 2.22. The predicted molar refractivity (Wildman–Crippen MR) is 116 cm³/mol. The van der Waals surface area contributed by atoms with Gasteiger partial charge in [0.05, 0.1) is 0 Å². The lowest BCUT2D eigenvalue weighted by atomic mass is 10.2. The number of carbonyl (C=O) groups is 1. The van der Waals surface area contributed by atoms with Gasteiger partial charge in [0.15, 0.2) is 0 Å². The molecule has 4 rings (SSSR count). The van der Waals surface area contributed by atoms with Gasteiger partial charge in [0.1, 0.15) is 17.8 Å². The molecule has 0 radical (unpaired) electrons. The summed E-state index contributed by atoms with van der Waals surface area (Å²) in [6, 6.07) is 19.9. The molecule has 29 heavy (non-hydrogen) atoms. The standard InChI is InChI=1S/C23H25N5O/c1-27(16-18-7-3-2-4-8-18)22-15-21(24-17-25-22)23(29)26-19-9-11-20(12-10-19)28-13-5-6-14-28/h2-4,7-12,15,17H,5-6,13-14,16H2,1H3,(H,26,29). The molecule has 1 aliphatic heterocycles. The number of rotatable bonds is 6. The molecule has 0 unspecified atom stereocenters. The summed E-state index contributed by atoms with van der Waals surface area (Å²) in [5.74, 6) is 0.467. The van der Waals surface area contributed by atoms with Crippen LogP contribution in [-0.2, 0) is 6.54 Å². The summed E-state index contributed by atoms with van der Waals surface area (Å²) in [4.78, 5) is 25.5. The minimum absolute atomic E-state index is 0.240. The number of amides is 1. The fraction of sp³-hybridized carbons (Fsp3) is 0.261. The van der Waals surface area contributed by atoms with E-state index >= 15 is 0 Å². The lowest BCUT2D eigenvalue weighted by molar-refractivity contribution is 0.102. The molecule has 6 heteroatoms. The van der Waals surface area contributed by atoms with Gasteiger partial charge in [-0.05, 0) is 42.7 Å². The van der Waals surface area contributed by atoms with Crippen molar-refractivity contribution < 1.29 is 4.79 Å². The minimum Gasteiger partial charge on any atom is -0.372 e. The molecule has 6 nitrogen and oxygen atoms in total. The molecule has 0 atom stereocenters. The Hall–Kier alpha value is -3.41. The molecule has 1 aliphatic rings. The van der Waals surface area contributed by atoms with Gasteiger partial charge in [0, 0.05) is 44.1 Å². The van der Waals surface area contributed by atoms with Gasteiger partial charge in [-0.25, -0.2) is 9.97 Å². The second-order valence-electron chi connectivity index (χ2n) is 7.30. The first-order chi connectivity index (χ1) is 14.2. The SMILES string of the molecule is CN(Cc1ccccc1)c1cc(C(=O)Nc2ccc(N3CCCC3)cc2)ncn1. The van der Waals surface area contributed by atoms with Crippen molar-refractivity contribution in [3.05, 3.63) is 78.2 Å². The Morgan fingerprint density at radius 3 is 2.48 bits per heavy atom. The van der Waals surface area contributed by atoms with Crippen LogP contribution in [0.15, 0.2) is 67.0 Å². The molecule has 2 heterocycles. The lowest BCUT2D eigenvalue weighted by Gasteiger charge is -2.19. The van der Waals surface area contributed by atoms with Crippen LogP contribution in [0, 0.1) is 0 Å². The molecule has 1 fully saturated rings. The number of hydrogen-bond donors (Lipinski definition) is 1. The maximum Gasteiger partial charge on any atom is 0.274 e. The maximum atomic E-state index is 12.7. The van der Waals surface area contributed by atoms with Crippen LogP contribution in [-0.4, -0.2) is 36.0 Å². The van der Waals surface area contributed by atoms with E-state index in [0.717, 1.165) is 18.8 Å². The largest absolute Gasteiger partial charge is 0.372 e. The Morgan fingerprint density at radius 2 is 1.76 bits per heavy atom. The Kier molecular flexibility index (Phi) is 5.70. The van der Waals surface area contributed by atoms with E-state index in [1.807, 2.05) is 42.3 Å². The van der Waals surface area contributed by atoms with Crippen LogP contribution >= 0.6 is 0 Å². The third kappa shape index (κ3) is 4.71. The Balaban J connectivity index is 1.41. The summed E-state index contributed by atoms with van der Waals surface area (Å²) < 4.78 is 0. The average Bonchev–Trinajstić information content (AvgIpc) is 3.30. The smallest absolute Gasteiger partial charge is 0.274 e. The zero-order valence-corrected chi connectivity index (χ0v) is 16.6. The van der Waals surface area contributed by atoms with E-state index in [1.54, 1.807) is 6.07 Å². The van der Waals surface area contributed by atoms with Crippen LogP contribution in [0.3, 0.4) is 0 Å². The first-order valence-corrected chi connectivity index (χ1v) is 9.92. The molecule has 0 spiro atoms. The molecular weight excluding hydrogens is 362 g/mol. The minimum atomic E-state index is -0.240. The van der Waals surface area contributed by atoms with Crippen molar-refractivity contribution in [2.24, 2.45) is 0 Å². The molecule has 1 saturated heterocycles. The molecule has 0 aliphatic carbocycles. The monoisotopic (exact) mass is 387 g/mol. The highest BCUT2D eigenvalue weighted by molar-refractivity contribution is 6.03. The number of anilines is 3. The maximum absolute atomic E-state index is 12.7. The Bertz CT molecular complexity index is 953. The fourth-order valence-electron chi connectivity index (χ4n) is 3.54. The zero-order valence-electron chi connectivity index (χ0n) is 16.6. The van der Waals surface area contributed by atoms with Gasteiger partial charge in [0.2, 0.25) is 0 Å². The van der Waals surface area contributed by atoms with Crippen molar-refractivity contribution >= 4 is 23.1 Å². The van der Waals surface area contributed by atoms with Crippen molar-refractivity contribution in [2.75, 3.05) is 35.3 Å². The molecular formula is C23H25N5O. The third-order valence-corrected chi connectivity index (χ3v) is 5.14. The van der Waals surface area contributed by atoms with E-state index in [0.29, 0.717) is 18.1 Å². The van der Waals surface area contributed by atoms with Gasteiger partial charge in [0.25, 0.3) is 5.91 Å². The number of benzene rings is 2. The van der Waals surface area contributed by atoms with Crippen LogP contribution in [0.4, 0.5) is 17.2 Å². The number of aromatic nitrogens is 2. The number of hydrogen-bond acceptors (Lipinski definition) is 5. The molecule has 0 bridgehead atoms. The topological polar surface area (TPSA) is 61.4 Å². The lowest BCUT2D eigenvalue weighted by Crippen LogP contribution is -2.20. The van der Waals surface area contributed by atoms with Gasteiger partial charge >= 0.3 is 0 Å². The zero-order chi connectivity index (χ0) is 20.1. The molecule has 0 saturated carbocycles. The number of nitrogens with zero attached hydrogens (tertiary/aromatic N) is 4. The van der Waals surface area contributed by atoms with Gasteiger partial charge in [-0.3, -0.25) is 4.79 Å². The summed E-state index contributed by atoms with van der Waals surface area (Å²) >= 11 is 0. The summed E-state index contributed by atoms with van der Waals surface area (Å²) in [5, 5.41) is 2.93. The molecule has 1 aromatic heterocycles. The van der Waals surface area contributed by atoms with Crippen LogP contribution in [0.25, 0.3) is 0 Å². The first-order valence-electron chi connectivity index (χ1n) is 9.92. The number of carbonyl (C=O) groups excluding carboxylic acids is 1. The van der Waals surface area contributed by atoms with Gasteiger partial charge in [-0.1, -0.05) is 30.3 Å². The first kappa shape index (κ1) is 18.9. The van der Waals surface area contributed by atoms with Crippen molar-refractivity contribution in [2.45, 2.75) is 19.4 Å². The van der Waals surface area contributed by atoms with E-state index in [1.165, 1.54) is 30.4 Å². The summed E-state index contributed by atoms with van der Waals surface area (Å²) in [5.41, 5.74) is 3.49. The normalized spacial score (nSPS) is 13.3. The van der Waals surface area contributed by atoms with Gasteiger partial charge in [-0.15, -0.1) is 0 Å². The van der Waals surface area contributed by atoms with E-state index in [2.05, 4.69) is 44.5 Å². The van der Waals surface area contributed by atoms with Crippen molar-refractivity contribution in [1.82, 2.24) is 9.97 Å². The highest BCUT2D eigenvalue weighted by atomic mass is 16.1. The summed E-state index contributed by atoms with van der Waals surface area (Å²) in [6.07, 6.45) is 3.92. The highest BCUT2D eigenvalue weighted by Gasteiger charge is 2.14. The Labute approximate surface area is 171 Å². The van der Waals surface area contributed by atoms with E-state index < -0.39 is 0 Å². The second-order valence-corrected chi connectivity index (χ2v) is 7.30. The van der Waals surface area contributed by atoms with E-state index in [4.69, 9.17) is 0 Å². The van der Waals surface area contributed by atoms with Crippen LogP contribution in [0.5, 0.6) is 0 Å². The van der Waals surface area contributed by atoms with Gasteiger partial charge < -0.3 is 15.1 Å². The third-order valence-electron chi connectivity index (χ3n) is 5.14. The van der Waals surface area contributed by atoms with Crippen LogP contribution in [0.2, 0.25) is 0 Å². The summed E-state index contributed by atoms with van der Waals surface area (Å²) in [6.45, 7) is 2.91. The van der Waals surface area contributed by atoms with Crippen molar-refractivity contribution in [3.63, 3.8) is 0 Å². The molecule has 148 valence electrons. The second kappa shape index (κ2) is 8.73. The van der Waals surface area contributed by atoms with Crippen LogP contribution < -0.4 is 15.1 Å². The molecule has 1 amide bonds. The molecule has 2 aromatic carbocycles. The summed E-state index contributed by atoms with van der Waals surface area (Å²) in [7, 11) is 1.95. The van der Waals surface area contributed by atoms with Crippen LogP contribution in [0.1, 0.15) is 28.9 Å². The fourth-order valence-corrected chi connectivity index (χ4v) is 3.54. The molecule has 1 N–H and O–H groups in total. The number of nitrogens with one attached hydrogen (secondary N) is 1. The van der Waals surface area contributed by atoms with E-state index in [9.17, 15) is 4.79 Å². The Morgan fingerprint density at radius 1 is 1.03 bits per heavy atom. The van der Waals surface area contributed by atoms with Crippen molar-refractivity contribution in [3.8, 4) is 0 Å². The van der Waals surface area contributed by atoms with Gasteiger partial charge in [-0.2, -0.15) is 0 Å². The average molecular weight is 387 g/mol. The quantitative estimate of drug-likeness (QED) is 0.694.